The van der Waals surface area contributed by atoms with Crippen LogP contribution >= 0.6 is 11.3 Å². The van der Waals surface area contributed by atoms with Gasteiger partial charge < -0.3 is 10.4 Å². The maximum atomic E-state index is 11.9. The summed E-state index contributed by atoms with van der Waals surface area (Å²) in [5.41, 5.74) is 0.0549. The van der Waals surface area contributed by atoms with Crippen molar-refractivity contribution in [2.75, 3.05) is 11.9 Å². The fourth-order valence-electron chi connectivity index (χ4n) is 2.31. The van der Waals surface area contributed by atoms with Gasteiger partial charge in [0.2, 0.25) is 10.1 Å². The molecule has 0 atom stereocenters. The van der Waals surface area contributed by atoms with Crippen molar-refractivity contribution in [1.29, 1.82) is 0 Å². The van der Waals surface area contributed by atoms with E-state index >= 15 is 0 Å². The Kier molecular flexibility index (Phi) is 3.47. The number of aryl methyl sites for hydroxylation is 1. The Balaban J connectivity index is 1.82. The first-order valence-electron chi connectivity index (χ1n) is 6.96. The van der Waals surface area contributed by atoms with Gasteiger partial charge >= 0.3 is 0 Å². The van der Waals surface area contributed by atoms with Gasteiger partial charge in [-0.1, -0.05) is 24.7 Å². The predicted molar refractivity (Wildman–Crippen MR) is 78.4 cm³/mol. The first kappa shape index (κ1) is 13.5. The Morgan fingerprint density at radius 1 is 1.55 bits per heavy atom. The molecule has 2 aromatic rings. The third kappa shape index (κ3) is 2.55. The summed E-state index contributed by atoms with van der Waals surface area (Å²) in [4.78, 5) is 17.0. The molecular weight excluding hydrogens is 276 g/mol. The van der Waals surface area contributed by atoms with Crippen LogP contribution in [0, 0.1) is 0 Å². The molecule has 2 heterocycles. The third-order valence-electron chi connectivity index (χ3n) is 3.66. The molecule has 7 heteroatoms. The van der Waals surface area contributed by atoms with Crippen LogP contribution in [-0.4, -0.2) is 31.9 Å². The van der Waals surface area contributed by atoms with Crippen LogP contribution in [0.15, 0.2) is 10.9 Å². The second-order valence-corrected chi connectivity index (χ2v) is 6.32. The van der Waals surface area contributed by atoms with Crippen LogP contribution in [0.2, 0.25) is 0 Å². The van der Waals surface area contributed by atoms with Crippen molar-refractivity contribution in [3.05, 3.63) is 22.1 Å². The summed E-state index contributed by atoms with van der Waals surface area (Å²) in [6, 6.07) is 1.54. The van der Waals surface area contributed by atoms with E-state index in [4.69, 9.17) is 0 Å². The van der Waals surface area contributed by atoms with Gasteiger partial charge in [0.15, 0.2) is 0 Å². The fourth-order valence-corrected chi connectivity index (χ4v) is 3.13. The lowest BCUT2D eigenvalue weighted by Gasteiger charge is -2.36. The Bertz CT molecular complexity index is 675. The summed E-state index contributed by atoms with van der Waals surface area (Å²) in [5, 5.41) is 18.0. The van der Waals surface area contributed by atoms with Crippen molar-refractivity contribution in [2.24, 2.45) is 0 Å². The molecule has 0 unspecified atom stereocenters. The Morgan fingerprint density at radius 2 is 2.35 bits per heavy atom. The zero-order valence-corrected chi connectivity index (χ0v) is 12.2. The first-order valence-corrected chi connectivity index (χ1v) is 7.77. The Hall–Kier alpha value is -1.47. The molecule has 0 aliphatic heterocycles. The van der Waals surface area contributed by atoms with Gasteiger partial charge in [-0.25, -0.2) is 4.98 Å². The first-order chi connectivity index (χ1) is 9.59. The molecule has 0 aromatic carbocycles. The van der Waals surface area contributed by atoms with Crippen LogP contribution in [-0.2, 0) is 6.42 Å². The van der Waals surface area contributed by atoms with E-state index in [-0.39, 0.29) is 5.56 Å². The number of hydrogen-bond donors (Lipinski definition) is 2. The predicted octanol–water partition coefficient (Wildman–Crippen LogP) is 1.43. The van der Waals surface area contributed by atoms with Crippen LogP contribution in [0.3, 0.4) is 0 Å². The van der Waals surface area contributed by atoms with Gasteiger partial charge in [0.05, 0.1) is 5.60 Å². The molecule has 6 nitrogen and oxygen atoms in total. The molecule has 0 spiro atoms. The van der Waals surface area contributed by atoms with Gasteiger partial charge in [0.25, 0.3) is 5.56 Å². The monoisotopic (exact) mass is 294 g/mol. The minimum atomic E-state index is -0.608. The highest BCUT2D eigenvalue weighted by Crippen LogP contribution is 2.32. The molecular formula is C13H18N4O2S. The molecule has 20 heavy (non-hydrogen) atoms. The van der Waals surface area contributed by atoms with E-state index in [1.807, 2.05) is 0 Å². The molecule has 1 saturated carbocycles. The number of nitrogens with zero attached hydrogens (tertiary/aromatic N) is 3. The summed E-state index contributed by atoms with van der Waals surface area (Å²) >= 11 is 1.35. The number of nitrogens with one attached hydrogen (secondary N) is 1. The highest BCUT2D eigenvalue weighted by atomic mass is 32.1. The lowest BCUT2D eigenvalue weighted by molar-refractivity contribution is -0.0202. The van der Waals surface area contributed by atoms with Gasteiger partial charge in [0, 0.05) is 18.3 Å². The second kappa shape index (κ2) is 5.14. The van der Waals surface area contributed by atoms with Gasteiger partial charge in [0.1, 0.15) is 0 Å². The van der Waals surface area contributed by atoms with Crippen LogP contribution in [0.5, 0.6) is 0 Å². The van der Waals surface area contributed by atoms with Crippen molar-refractivity contribution >= 4 is 21.4 Å². The smallest absolute Gasteiger partial charge is 0.275 e. The van der Waals surface area contributed by atoms with Crippen LogP contribution in [0.1, 0.15) is 38.3 Å². The van der Waals surface area contributed by atoms with Gasteiger partial charge in [-0.15, -0.1) is 5.10 Å². The molecule has 3 rings (SSSR count). The van der Waals surface area contributed by atoms with Gasteiger partial charge in [-0.2, -0.15) is 4.52 Å². The van der Waals surface area contributed by atoms with E-state index < -0.39 is 5.60 Å². The number of rotatable bonds is 5. The molecule has 0 bridgehead atoms. The van der Waals surface area contributed by atoms with E-state index in [1.165, 1.54) is 15.9 Å². The molecule has 1 aliphatic rings. The summed E-state index contributed by atoms with van der Waals surface area (Å²) in [7, 11) is 0. The van der Waals surface area contributed by atoms with Crippen LogP contribution in [0.4, 0.5) is 5.13 Å². The lowest BCUT2D eigenvalue weighted by Crippen LogP contribution is -2.43. The number of hydrogen-bond acceptors (Lipinski definition) is 6. The molecule has 1 aliphatic carbocycles. The van der Waals surface area contributed by atoms with Crippen molar-refractivity contribution in [3.63, 3.8) is 0 Å². The van der Waals surface area contributed by atoms with E-state index in [2.05, 4.69) is 22.3 Å². The van der Waals surface area contributed by atoms with Crippen molar-refractivity contribution in [1.82, 2.24) is 14.6 Å². The minimum Gasteiger partial charge on any atom is -0.388 e. The SMILES string of the molecule is CCCc1cc(=O)n2nc(NCC3(O)CCC3)sc2n1. The standard InChI is InChI=1S/C13H18N4O2S/c1-2-4-9-7-10(18)17-12(15-9)20-11(16-17)14-8-13(19)5-3-6-13/h7,19H,2-6,8H2,1H3,(H,14,16). The molecule has 0 radical (unpaired) electrons. The summed E-state index contributed by atoms with van der Waals surface area (Å²) < 4.78 is 1.32. The minimum absolute atomic E-state index is 0.148. The zero-order chi connectivity index (χ0) is 14.2. The van der Waals surface area contributed by atoms with Crippen molar-refractivity contribution < 1.29 is 5.11 Å². The second-order valence-electron chi connectivity index (χ2n) is 5.37. The summed E-state index contributed by atoms with van der Waals surface area (Å²) in [6.45, 7) is 2.53. The molecule has 2 aromatic heterocycles. The Morgan fingerprint density at radius 3 is 3.00 bits per heavy atom. The normalized spacial score (nSPS) is 17.1. The highest BCUT2D eigenvalue weighted by Gasteiger charge is 2.34. The van der Waals surface area contributed by atoms with Crippen LogP contribution in [0.25, 0.3) is 4.96 Å². The van der Waals surface area contributed by atoms with Crippen molar-refractivity contribution in [2.45, 2.75) is 44.6 Å². The summed E-state index contributed by atoms with van der Waals surface area (Å²) in [6.07, 6.45) is 4.47. The zero-order valence-electron chi connectivity index (χ0n) is 11.4. The van der Waals surface area contributed by atoms with Gasteiger partial charge in [-0.3, -0.25) is 4.79 Å². The maximum Gasteiger partial charge on any atom is 0.275 e. The molecule has 2 N–H and O–H groups in total. The number of fused-ring (bicyclic) bond motifs is 1. The number of aromatic nitrogens is 3. The topological polar surface area (TPSA) is 79.5 Å². The van der Waals surface area contributed by atoms with E-state index in [1.54, 1.807) is 6.07 Å². The molecule has 0 saturated heterocycles. The Labute approximate surface area is 120 Å². The van der Waals surface area contributed by atoms with E-state index in [0.717, 1.165) is 37.8 Å². The number of anilines is 1. The highest BCUT2D eigenvalue weighted by molar-refractivity contribution is 7.20. The molecule has 0 amide bonds. The lowest BCUT2D eigenvalue weighted by atomic mass is 9.80. The molecule has 1 fully saturated rings. The number of aliphatic hydroxyl groups is 1. The van der Waals surface area contributed by atoms with Crippen LogP contribution < -0.4 is 10.9 Å². The van der Waals surface area contributed by atoms with E-state index in [0.29, 0.717) is 16.6 Å². The molecule has 108 valence electrons. The third-order valence-corrected chi connectivity index (χ3v) is 4.52. The quantitative estimate of drug-likeness (QED) is 0.872. The fraction of sp³-hybridized carbons (Fsp3) is 0.615. The van der Waals surface area contributed by atoms with E-state index in [9.17, 15) is 9.90 Å². The summed E-state index contributed by atoms with van der Waals surface area (Å²) in [5.74, 6) is 0. The average molecular weight is 294 g/mol. The van der Waals surface area contributed by atoms with Gasteiger partial charge in [-0.05, 0) is 25.7 Å². The van der Waals surface area contributed by atoms with Crippen molar-refractivity contribution in [3.8, 4) is 0 Å². The largest absolute Gasteiger partial charge is 0.388 e. The average Bonchev–Trinajstić information content (AvgIpc) is 2.78. The maximum absolute atomic E-state index is 11.9.